The normalized spacial score (nSPS) is 11.5. The summed E-state index contributed by atoms with van der Waals surface area (Å²) in [5.41, 5.74) is 4.82. The second-order valence-corrected chi connectivity index (χ2v) is 5.81. The van der Waals surface area contributed by atoms with Crippen molar-refractivity contribution in [1.29, 1.82) is 0 Å². The average molecular weight is 275 g/mol. The van der Waals surface area contributed by atoms with Gasteiger partial charge in [-0.05, 0) is 26.3 Å². The molecule has 0 aliphatic heterocycles. The van der Waals surface area contributed by atoms with Gasteiger partial charge in [0.05, 0.1) is 24.3 Å². The zero-order chi connectivity index (χ0) is 14.7. The van der Waals surface area contributed by atoms with Crippen molar-refractivity contribution in [1.82, 2.24) is 24.6 Å². The SMILES string of the molecule is Cc1nn(C)c(C)c1Cn1cncc1CNCC(C)C. The first-order valence-corrected chi connectivity index (χ1v) is 7.17. The summed E-state index contributed by atoms with van der Waals surface area (Å²) < 4.78 is 4.14. The molecule has 0 atom stereocenters. The smallest absolute Gasteiger partial charge is 0.0951 e. The number of hydrogen-bond donors (Lipinski definition) is 1. The molecule has 5 nitrogen and oxygen atoms in total. The Morgan fingerprint density at radius 1 is 1.30 bits per heavy atom. The van der Waals surface area contributed by atoms with Gasteiger partial charge in [-0.25, -0.2) is 4.98 Å². The summed E-state index contributed by atoms with van der Waals surface area (Å²) >= 11 is 0. The Kier molecular flexibility index (Phi) is 4.60. The van der Waals surface area contributed by atoms with Crippen molar-refractivity contribution in [3.63, 3.8) is 0 Å². The molecule has 2 heterocycles. The van der Waals surface area contributed by atoms with Crippen molar-refractivity contribution in [3.05, 3.63) is 35.2 Å². The molecule has 0 aromatic carbocycles. The van der Waals surface area contributed by atoms with Crippen LogP contribution in [0.25, 0.3) is 0 Å². The maximum Gasteiger partial charge on any atom is 0.0951 e. The molecule has 110 valence electrons. The van der Waals surface area contributed by atoms with Gasteiger partial charge in [-0.2, -0.15) is 5.10 Å². The van der Waals surface area contributed by atoms with Gasteiger partial charge < -0.3 is 9.88 Å². The molecule has 2 aromatic rings. The average Bonchev–Trinajstić information content (AvgIpc) is 2.90. The highest BCUT2D eigenvalue weighted by molar-refractivity contribution is 5.25. The summed E-state index contributed by atoms with van der Waals surface area (Å²) in [5, 5.41) is 7.94. The van der Waals surface area contributed by atoms with E-state index in [4.69, 9.17) is 0 Å². The third kappa shape index (κ3) is 3.28. The minimum Gasteiger partial charge on any atom is -0.329 e. The summed E-state index contributed by atoms with van der Waals surface area (Å²) in [6.45, 7) is 11.3. The standard InChI is InChI=1S/C15H25N5/c1-11(2)6-16-7-14-8-17-10-20(14)9-15-12(3)18-19(5)13(15)4/h8,10-11,16H,6-7,9H2,1-5H3. The maximum absolute atomic E-state index is 4.47. The predicted octanol–water partition coefficient (Wildman–Crippen LogP) is 2.03. The van der Waals surface area contributed by atoms with Gasteiger partial charge in [0.1, 0.15) is 0 Å². The number of aromatic nitrogens is 4. The first kappa shape index (κ1) is 14.8. The highest BCUT2D eigenvalue weighted by atomic mass is 15.3. The molecule has 0 amide bonds. The van der Waals surface area contributed by atoms with E-state index in [1.807, 2.05) is 24.3 Å². The van der Waals surface area contributed by atoms with E-state index in [0.29, 0.717) is 5.92 Å². The summed E-state index contributed by atoms with van der Waals surface area (Å²) in [7, 11) is 1.99. The van der Waals surface area contributed by atoms with Gasteiger partial charge in [0.15, 0.2) is 0 Å². The lowest BCUT2D eigenvalue weighted by molar-refractivity contribution is 0.539. The number of nitrogens with zero attached hydrogens (tertiary/aromatic N) is 4. The van der Waals surface area contributed by atoms with Crippen molar-refractivity contribution in [2.45, 2.75) is 40.8 Å². The van der Waals surface area contributed by atoms with Crippen LogP contribution in [-0.2, 0) is 20.1 Å². The zero-order valence-corrected chi connectivity index (χ0v) is 13.1. The van der Waals surface area contributed by atoms with Crippen molar-refractivity contribution in [2.24, 2.45) is 13.0 Å². The number of rotatable bonds is 6. The molecule has 0 unspecified atom stereocenters. The van der Waals surface area contributed by atoms with E-state index in [1.54, 1.807) is 0 Å². The Morgan fingerprint density at radius 2 is 2.05 bits per heavy atom. The largest absolute Gasteiger partial charge is 0.329 e. The van der Waals surface area contributed by atoms with Gasteiger partial charge in [-0.1, -0.05) is 13.8 Å². The molecule has 5 heteroatoms. The van der Waals surface area contributed by atoms with Gasteiger partial charge in [0.2, 0.25) is 0 Å². The fourth-order valence-electron chi connectivity index (χ4n) is 2.34. The quantitative estimate of drug-likeness (QED) is 0.877. The molecule has 0 saturated carbocycles. The molecule has 0 saturated heterocycles. The minimum atomic E-state index is 0.661. The lowest BCUT2D eigenvalue weighted by atomic mass is 10.2. The van der Waals surface area contributed by atoms with E-state index in [0.717, 1.165) is 25.3 Å². The monoisotopic (exact) mass is 275 g/mol. The summed E-state index contributed by atoms with van der Waals surface area (Å²) in [5.74, 6) is 0.661. The molecule has 0 aliphatic carbocycles. The van der Waals surface area contributed by atoms with Crippen LogP contribution >= 0.6 is 0 Å². The van der Waals surface area contributed by atoms with E-state index < -0.39 is 0 Å². The van der Waals surface area contributed by atoms with Crippen LogP contribution in [0.4, 0.5) is 0 Å². The van der Waals surface area contributed by atoms with Crippen LogP contribution in [0.3, 0.4) is 0 Å². The molecule has 0 radical (unpaired) electrons. The van der Waals surface area contributed by atoms with Crippen LogP contribution in [-0.4, -0.2) is 25.9 Å². The Hall–Kier alpha value is -1.62. The van der Waals surface area contributed by atoms with Crippen LogP contribution in [0, 0.1) is 19.8 Å². The third-order valence-electron chi connectivity index (χ3n) is 3.64. The molecule has 0 bridgehead atoms. The second-order valence-electron chi connectivity index (χ2n) is 5.81. The van der Waals surface area contributed by atoms with E-state index >= 15 is 0 Å². The topological polar surface area (TPSA) is 47.7 Å². The van der Waals surface area contributed by atoms with E-state index in [9.17, 15) is 0 Å². The van der Waals surface area contributed by atoms with Crippen molar-refractivity contribution < 1.29 is 0 Å². The van der Waals surface area contributed by atoms with Crippen LogP contribution in [0.2, 0.25) is 0 Å². The first-order chi connectivity index (χ1) is 9.49. The highest BCUT2D eigenvalue weighted by Gasteiger charge is 2.11. The summed E-state index contributed by atoms with van der Waals surface area (Å²) in [6.07, 6.45) is 3.84. The fraction of sp³-hybridized carbons (Fsp3) is 0.600. The number of hydrogen-bond acceptors (Lipinski definition) is 3. The Balaban J connectivity index is 2.08. The van der Waals surface area contributed by atoms with Gasteiger partial charge in [-0.3, -0.25) is 4.68 Å². The Bertz CT molecular complexity index is 565. The molecule has 2 aromatic heterocycles. The summed E-state index contributed by atoms with van der Waals surface area (Å²) in [4.78, 5) is 4.28. The Labute approximate surface area is 121 Å². The molecule has 0 fully saturated rings. The first-order valence-electron chi connectivity index (χ1n) is 7.17. The van der Waals surface area contributed by atoms with Gasteiger partial charge in [0, 0.05) is 31.0 Å². The van der Waals surface area contributed by atoms with Gasteiger partial charge >= 0.3 is 0 Å². The fourth-order valence-corrected chi connectivity index (χ4v) is 2.34. The van der Waals surface area contributed by atoms with Crippen molar-refractivity contribution in [2.75, 3.05) is 6.54 Å². The summed E-state index contributed by atoms with van der Waals surface area (Å²) in [6, 6.07) is 0. The molecule has 20 heavy (non-hydrogen) atoms. The molecule has 1 N–H and O–H groups in total. The van der Waals surface area contributed by atoms with E-state index in [2.05, 4.69) is 47.7 Å². The number of aryl methyl sites for hydroxylation is 2. The minimum absolute atomic E-state index is 0.661. The zero-order valence-electron chi connectivity index (χ0n) is 13.1. The predicted molar refractivity (Wildman–Crippen MR) is 80.6 cm³/mol. The highest BCUT2D eigenvalue weighted by Crippen LogP contribution is 2.14. The second kappa shape index (κ2) is 6.22. The molecule has 2 rings (SSSR count). The molecule has 0 aliphatic rings. The maximum atomic E-state index is 4.47. The van der Waals surface area contributed by atoms with Crippen molar-refractivity contribution in [3.8, 4) is 0 Å². The third-order valence-corrected chi connectivity index (χ3v) is 3.64. The van der Waals surface area contributed by atoms with Crippen LogP contribution in [0.5, 0.6) is 0 Å². The molecular formula is C15H25N5. The van der Waals surface area contributed by atoms with E-state index in [-0.39, 0.29) is 0 Å². The van der Waals surface area contributed by atoms with Crippen LogP contribution < -0.4 is 5.32 Å². The van der Waals surface area contributed by atoms with Gasteiger partial charge in [0.25, 0.3) is 0 Å². The van der Waals surface area contributed by atoms with Gasteiger partial charge in [-0.15, -0.1) is 0 Å². The number of nitrogens with one attached hydrogen (secondary N) is 1. The molecular weight excluding hydrogens is 250 g/mol. The van der Waals surface area contributed by atoms with Crippen molar-refractivity contribution >= 4 is 0 Å². The number of imidazole rings is 1. The van der Waals surface area contributed by atoms with E-state index in [1.165, 1.54) is 17.0 Å². The lowest BCUT2D eigenvalue weighted by Gasteiger charge is -2.11. The molecule has 0 spiro atoms. The van der Waals surface area contributed by atoms with Crippen LogP contribution in [0.1, 0.15) is 36.5 Å². The van der Waals surface area contributed by atoms with Crippen LogP contribution in [0.15, 0.2) is 12.5 Å². The Morgan fingerprint density at radius 3 is 2.65 bits per heavy atom. The lowest BCUT2D eigenvalue weighted by Crippen LogP contribution is -2.21.